The highest BCUT2D eigenvalue weighted by atomic mass is 16.5. The first-order chi connectivity index (χ1) is 7.22. The highest BCUT2D eigenvalue weighted by Gasteiger charge is 2.17. The molecule has 1 saturated heterocycles. The van der Waals surface area contributed by atoms with E-state index in [0.717, 1.165) is 31.6 Å². The van der Waals surface area contributed by atoms with Gasteiger partial charge in [-0.2, -0.15) is 0 Å². The van der Waals surface area contributed by atoms with Crippen LogP contribution < -0.4 is 5.32 Å². The van der Waals surface area contributed by atoms with E-state index in [4.69, 9.17) is 4.74 Å². The van der Waals surface area contributed by atoms with Gasteiger partial charge in [0.25, 0.3) is 0 Å². The average molecular weight is 213 g/mol. The summed E-state index contributed by atoms with van der Waals surface area (Å²) in [5, 5.41) is 3.49. The van der Waals surface area contributed by atoms with Crippen molar-refractivity contribution in [2.75, 3.05) is 19.8 Å². The summed E-state index contributed by atoms with van der Waals surface area (Å²) in [6, 6.07) is 0.671. The Balaban J connectivity index is 2.13. The van der Waals surface area contributed by atoms with Crippen molar-refractivity contribution in [2.45, 2.75) is 52.5 Å². The Kier molecular flexibility index (Phi) is 6.26. The lowest BCUT2D eigenvalue weighted by Crippen LogP contribution is -2.28. The van der Waals surface area contributed by atoms with Crippen LogP contribution in [0.15, 0.2) is 0 Å². The Morgan fingerprint density at radius 2 is 1.93 bits per heavy atom. The van der Waals surface area contributed by atoms with Crippen molar-refractivity contribution in [1.82, 2.24) is 5.32 Å². The Hall–Kier alpha value is -0.0800. The zero-order chi connectivity index (χ0) is 11.1. The summed E-state index contributed by atoms with van der Waals surface area (Å²) in [4.78, 5) is 0. The second-order valence-electron chi connectivity index (χ2n) is 5.09. The third-order valence-electron chi connectivity index (χ3n) is 3.39. The molecule has 0 aromatic rings. The average Bonchev–Trinajstić information content (AvgIpc) is 2.19. The summed E-state index contributed by atoms with van der Waals surface area (Å²) in [5.41, 5.74) is 0. The summed E-state index contributed by atoms with van der Waals surface area (Å²) in [7, 11) is 0. The number of nitrogens with one attached hydrogen (secondary N) is 1. The highest BCUT2D eigenvalue weighted by molar-refractivity contribution is 4.70. The molecule has 0 aromatic heterocycles. The minimum Gasteiger partial charge on any atom is -0.381 e. The molecule has 1 heterocycles. The van der Waals surface area contributed by atoms with Crippen LogP contribution in [0.3, 0.4) is 0 Å². The van der Waals surface area contributed by atoms with Crippen LogP contribution in [0.1, 0.15) is 46.5 Å². The van der Waals surface area contributed by atoms with Crippen LogP contribution in [0, 0.1) is 11.8 Å². The zero-order valence-electron chi connectivity index (χ0n) is 10.6. The third kappa shape index (κ3) is 5.53. The molecule has 0 aliphatic carbocycles. The van der Waals surface area contributed by atoms with Gasteiger partial charge in [0.05, 0.1) is 0 Å². The van der Waals surface area contributed by atoms with Gasteiger partial charge in [-0.05, 0) is 51.0 Å². The maximum Gasteiger partial charge on any atom is 0.0468 e. The van der Waals surface area contributed by atoms with Gasteiger partial charge in [0.1, 0.15) is 0 Å². The van der Waals surface area contributed by atoms with E-state index >= 15 is 0 Å². The van der Waals surface area contributed by atoms with Gasteiger partial charge in [-0.3, -0.25) is 0 Å². The highest BCUT2D eigenvalue weighted by Crippen LogP contribution is 2.24. The maximum absolute atomic E-state index is 5.39. The van der Waals surface area contributed by atoms with Gasteiger partial charge in [0.2, 0.25) is 0 Å². The minimum atomic E-state index is 0.671. The van der Waals surface area contributed by atoms with Crippen LogP contribution in [0.2, 0.25) is 0 Å². The lowest BCUT2D eigenvalue weighted by molar-refractivity contribution is 0.0585. The van der Waals surface area contributed by atoms with Gasteiger partial charge in [0.15, 0.2) is 0 Å². The van der Waals surface area contributed by atoms with Gasteiger partial charge < -0.3 is 10.1 Å². The van der Waals surface area contributed by atoms with Crippen molar-refractivity contribution < 1.29 is 4.74 Å². The molecule has 1 aliphatic heterocycles. The molecule has 2 heteroatoms. The monoisotopic (exact) mass is 213 g/mol. The fourth-order valence-corrected chi connectivity index (χ4v) is 2.68. The van der Waals surface area contributed by atoms with Crippen molar-refractivity contribution in [2.24, 2.45) is 11.8 Å². The maximum atomic E-state index is 5.39. The SMILES string of the molecule is CCNC(C)CC(C)CC1CCOCC1. The fraction of sp³-hybridized carbons (Fsp3) is 1.00. The second kappa shape index (κ2) is 7.24. The Labute approximate surface area is 94.8 Å². The number of hydrogen-bond donors (Lipinski definition) is 1. The van der Waals surface area contributed by atoms with Crippen LogP contribution in [-0.4, -0.2) is 25.8 Å². The van der Waals surface area contributed by atoms with Crippen LogP contribution >= 0.6 is 0 Å². The van der Waals surface area contributed by atoms with Crippen molar-refractivity contribution in [3.8, 4) is 0 Å². The topological polar surface area (TPSA) is 21.3 Å². The molecule has 1 fully saturated rings. The predicted octanol–water partition coefficient (Wildman–Crippen LogP) is 2.83. The van der Waals surface area contributed by atoms with E-state index in [2.05, 4.69) is 26.1 Å². The molecule has 0 amide bonds. The van der Waals surface area contributed by atoms with Crippen LogP contribution in [-0.2, 0) is 4.74 Å². The van der Waals surface area contributed by atoms with E-state index in [0.29, 0.717) is 6.04 Å². The molecular formula is C13H27NO. The normalized spacial score (nSPS) is 22.6. The first-order valence-corrected chi connectivity index (χ1v) is 6.53. The smallest absolute Gasteiger partial charge is 0.0468 e. The van der Waals surface area contributed by atoms with E-state index in [9.17, 15) is 0 Å². The first-order valence-electron chi connectivity index (χ1n) is 6.53. The Bertz CT molecular complexity index is 155. The number of ether oxygens (including phenoxy) is 1. The van der Waals surface area contributed by atoms with E-state index in [1.807, 2.05) is 0 Å². The predicted molar refractivity (Wildman–Crippen MR) is 65.1 cm³/mol. The largest absolute Gasteiger partial charge is 0.381 e. The van der Waals surface area contributed by atoms with E-state index < -0.39 is 0 Å². The molecule has 0 saturated carbocycles. The van der Waals surface area contributed by atoms with Crippen molar-refractivity contribution in [3.63, 3.8) is 0 Å². The summed E-state index contributed by atoms with van der Waals surface area (Å²) < 4.78 is 5.39. The van der Waals surface area contributed by atoms with E-state index in [1.165, 1.54) is 25.7 Å². The molecule has 0 spiro atoms. The first kappa shape index (κ1) is 13.0. The third-order valence-corrected chi connectivity index (χ3v) is 3.39. The summed E-state index contributed by atoms with van der Waals surface area (Å²) in [6.07, 6.45) is 5.25. The standard InChI is InChI=1S/C13H27NO/c1-4-14-12(3)9-11(2)10-13-5-7-15-8-6-13/h11-14H,4-10H2,1-3H3. The molecular weight excluding hydrogens is 186 g/mol. The molecule has 15 heavy (non-hydrogen) atoms. The summed E-state index contributed by atoms with van der Waals surface area (Å²) in [6.45, 7) is 9.93. The van der Waals surface area contributed by atoms with Crippen molar-refractivity contribution in [3.05, 3.63) is 0 Å². The van der Waals surface area contributed by atoms with Crippen LogP contribution in [0.4, 0.5) is 0 Å². The molecule has 0 aromatic carbocycles. The minimum absolute atomic E-state index is 0.671. The van der Waals surface area contributed by atoms with Crippen LogP contribution in [0.5, 0.6) is 0 Å². The Morgan fingerprint density at radius 1 is 1.27 bits per heavy atom. The molecule has 90 valence electrons. The number of hydrogen-bond acceptors (Lipinski definition) is 2. The fourth-order valence-electron chi connectivity index (χ4n) is 2.68. The lowest BCUT2D eigenvalue weighted by Gasteiger charge is -2.26. The van der Waals surface area contributed by atoms with E-state index in [1.54, 1.807) is 0 Å². The number of rotatable bonds is 6. The second-order valence-corrected chi connectivity index (χ2v) is 5.09. The lowest BCUT2D eigenvalue weighted by atomic mass is 9.87. The van der Waals surface area contributed by atoms with Crippen molar-refractivity contribution in [1.29, 1.82) is 0 Å². The van der Waals surface area contributed by atoms with Gasteiger partial charge in [-0.1, -0.05) is 13.8 Å². The summed E-state index contributed by atoms with van der Waals surface area (Å²) >= 11 is 0. The Morgan fingerprint density at radius 3 is 2.53 bits per heavy atom. The molecule has 0 radical (unpaired) electrons. The van der Waals surface area contributed by atoms with Gasteiger partial charge in [-0.15, -0.1) is 0 Å². The molecule has 1 aliphatic rings. The molecule has 1 rings (SSSR count). The molecule has 0 bridgehead atoms. The molecule has 2 atom stereocenters. The molecule has 1 N–H and O–H groups in total. The van der Waals surface area contributed by atoms with Gasteiger partial charge in [-0.25, -0.2) is 0 Å². The summed E-state index contributed by atoms with van der Waals surface area (Å²) in [5.74, 6) is 1.77. The van der Waals surface area contributed by atoms with Gasteiger partial charge in [0, 0.05) is 19.3 Å². The molecule has 2 unspecified atom stereocenters. The molecule has 2 nitrogen and oxygen atoms in total. The van der Waals surface area contributed by atoms with Crippen LogP contribution in [0.25, 0.3) is 0 Å². The quantitative estimate of drug-likeness (QED) is 0.732. The van der Waals surface area contributed by atoms with Gasteiger partial charge >= 0.3 is 0 Å². The zero-order valence-corrected chi connectivity index (χ0v) is 10.6. The van der Waals surface area contributed by atoms with E-state index in [-0.39, 0.29) is 0 Å². The van der Waals surface area contributed by atoms with Crippen molar-refractivity contribution >= 4 is 0 Å².